The van der Waals surface area contributed by atoms with Crippen molar-refractivity contribution in [1.82, 2.24) is 15.2 Å². The topological polar surface area (TPSA) is 55.9 Å². The van der Waals surface area contributed by atoms with Gasteiger partial charge in [-0.15, -0.1) is 0 Å². The number of hydrogen-bond acceptors (Lipinski definition) is 5. The van der Waals surface area contributed by atoms with E-state index < -0.39 is 0 Å². The molecule has 1 aromatic heterocycles. The fourth-order valence-corrected chi connectivity index (χ4v) is 3.43. The van der Waals surface area contributed by atoms with E-state index in [-0.39, 0.29) is 6.10 Å². The second-order valence-corrected chi connectivity index (χ2v) is 7.10. The van der Waals surface area contributed by atoms with Crippen LogP contribution in [0.4, 0.5) is 0 Å². The number of benzene rings is 1. The number of thiocarbonyl (C=S) groups is 1. The summed E-state index contributed by atoms with van der Waals surface area (Å²) < 4.78 is 16.6. The molecule has 6 nitrogen and oxygen atoms in total. The fraction of sp³-hybridized carbons (Fsp3) is 0.429. The molecule has 0 radical (unpaired) electrons. The Bertz CT molecular complexity index is 767. The lowest BCUT2D eigenvalue weighted by Gasteiger charge is -2.27. The molecule has 1 N–H and O–H groups in total. The molecule has 0 bridgehead atoms. The molecule has 7 heteroatoms. The number of ether oxygens (including phenoxy) is 3. The Balaban J connectivity index is 1.74. The van der Waals surface area contributed by atoms with Gasteiger partial charge in [0.1, 0.15) is 11.5 Å². The zero-order valence-electron chi connectivity index (χ0n) is 16.4. The minimum Gasteiger partial charge on any atom is -0.497 e. The molecule has 1 aliphatic rings. The summed E-state index contributed by atoms with van der Waals surface area (Å²) in [6.45, 7) is 2.82. The van der Waals surface area contributed by atoms with Crippen molar-refractivity contribution < 1.29 is 14.2 Å². The molecule has 3 rings (SSSR count). The summed E-state index contributed by atoms with van der Waals surface area (Å²) >= 11 is 5.71. The predicted octanol–water partition coefficient (Wildman–Crippen LogP) is 3.15. The van der Waals surface area contributed by atoms with Crippen molar-refractivity contribution in [2.45, 2.75) is 32.0 Å². The maximum Gasteiger partial charge on any atom is 0.169 e. The number of nitrogens with one attached hydrogen (secondary N) is 1. The average Bonchev–Trinajstić information content (AvgIpc) is 3.26. The lowest BCUT2D eigenvalue weighted by atomic mass is 10.1. The van der Waals surface area contributed by atoms with Gasteiger partial charge in [-0.05, 0) is 48.8 Å². The van der Waals surface area contributed by atoms with E-state index in [1.165, 1.54) is 0 Å². The van der Waals surface area contributed by atoms with E-state index in [1.54, 1.807) is 20.4 Å². The van der Waals surface area contributed by atoms with Crippen LogP contribution in [0.15, 0.2) is 42.7 Å². The lowest BCUT2D eigenvalue weighted by molar-refractivity contribution is 0.113. The van der Waals surface area contributed by atoms with Crippen molar-refractivity contribution >= 4 is 17.3 Å². The summed E-state index contributed by atoms with van der Waals surface area (Å²) in [5.74, 6) is 1.54. The average molecular weight is 402 g/mol. The number of hydrogen-bond donors (Lipinski definition) is 1. The summed E-state index contributed by atoms with van der Waals surface area (Å²) in [5.41, 5.74) is 2.13. The van der Waals surface area contributed by atoms with Gasteiger partial charge in [-0.2, -0.15) is 0 Å². The monoisotopic (exact) mass is 401 g/mol. The van der Waals surface area contributed by atoms with E-state index in [0.29, 0.717) is 18.2 Å². The first kappa shape index (κ1) is 20.4. The van der Waals surface area contributed by atoms with E-state index >= 15 is 0 Å². The zero-order chi connectivity index (χ0) is 19.8. The van der Waals surface area contributed by atoms with Crippen LogP contribution in [0.3, 0.4) is 0 Å². The first-order valence-corrected chi connectivity index (χ1v) is 9.84. The van der Waals surface area contributed by atoms with Crippen LogP contribution in [0.5, 0.6) is 11.5 Å². The van der Waals surface area contributed by atoms with Crippen LogP contribution < -0.4 is 14.8 Å². The van der Waals surface area contributed by atoms with Crippen LogP contribution in [0.1, 0.15) is 24.0 Å². The molecule has 0 aliphatic carbocycles. The van der Waals surface area contributed by atoms with Crippen molar-refractivity contribution in [2.24, 2.45) is 0 Å². The van der Waals surface area contributed by atoms with Gasteiger partial charge in [-0.1, -0.05) is 6.07 Å². The van der Waals surface area contributed by atoms with Gasteiger partial charge in [-0.3, -0.25) is 4.98 Å². The second kappa shape index (κ2) is 10.2. The van der Waals surface area contributed by atoms with Crippen LogP contribution in [-0.2, 0) is 17.8 Å². The molecule has 150 valence electrons. The number of pyridine rings is 1. The number of rotatable bonds is 8. The van der Waals surface area contributed by atoms with Gasteiger partial charge in [0, 0.05) is 50.3 Å². The summed E-state index contributed by atoms with van der Waals surface area (Å²) in [4.78, 5) is 6.33. The zero-order valence-corrected chi connectivity index (χ0v) is 17.2. The molecule has 0 amide bonds. The maximum absolute atomic E-state index is 5.71. The minimum absolute atomic E-state index is 0.230. The third kappa shape index (κ3) is 5.56. The third-order valence-electron chi connectivity index (χ3n) is 4.74. The lowest BCUT2D eigenvalue weighted by Crippen LogP contribution is -2.42. The SMILES string of the molecule is COc1ccc(CN(Cc2cccnc2)C(=S)NCC2CCCO2)c(OC)c1. The molecule has 0 spiro atoms. The quantitative estimate of drug-likeness (QED) is 0.682. The molecule has 1 fully saturated rings. The minimum atomic E-state index is 0.230. The van der Waals surface area contributed by atoms with E-state index in [9.17, 15) is 0 Å². The first-order valence-electron chi connectivity index (χ1n) is 9.43. The summed E-state index contributed by atoms with van der Waals surface area (Å²) in [6, 6.07) is 9.82. The highest BCUT2D eigenvalue weighted by atomic mass is 32.1. The van der Waals surface area contributed by atoms with Crippen molar-refractivity contribution in [2.75, 3.05) is 27.4 Å². The standard InChI is InChI=1S/C21H27N3O3S/c1-25-18-8-7-17(20(11-18)26-2)15-24(14-16-5-3-9-22-12-16)21(28)23-13-19-6-4-10-27-19/h3,5,7-9,11-12,19H,4,6,10,13-15H2,1-2H3,(H,23,28). The number of aromatic nitrogens is 1. The number of methoxy groups -OCH3 is 2. The molecule has 28 heavy (non-hydrogen) atoms. The summed E-state index contributed by atoms with van der Waals surface area (Å²) in [5, 5.41) is 4.06. The second-order valence-electron chi connectivity index (χ2n) is 6.72. The molecule has 2 heterocycles. The van der Waals surface area contributed by atoms with Crippen molar-refractivity contribution in [1.29, 1.82) is 0 Å². The van der Waals surface area contributed by atoms with Gasteiger partial charge in [0.25, 0.3) is 0 Å². The number of nitrogens with zero attached hydrogens (tertiary/aromatic N) is 2. The van der Waals surface area contributed by atoms with Crippen LogP contribution in [-0.4, -0.2) is 48.5 Å². The van der Waals surface area contributed by atoms with Crippen LogP contribution in [0, 0.1) is 0 Å². The normalized spacial score (nSPS) is 15.9. The van der Waals surface area contributed by atoms with Gasteiger partial charge >= 0.3 is 0 Å². The van der Waals surface area contributed by atoms with Crippen molar-refractivity contribution in [3.63, 3.8) is 0 Å². The van der Waals surface area contributed by atoms with E-state index in [0.717, 1.165) is 48.6 Å². The van der Waals surface area contributed by atoms with Gasteiger partial charge in [0.05, 0.1) is 20.3 Å². The largest absolute Gasteiger partial charge is 0.497 e. The van der Waals surface area contributed by atoms with E-state index in [1.807, 2.05) is 36.5 Å². The van der Waals surface area contributed by atoms with Crippen LogP contribution in [0.2, 0.25) is 0 Å². The fourth-order valence-electron chi connectivity index (χ4n) is 3.22. The molecule has 1 unspecified atom stereocenters. The Morgan fingerprint density at radius 2 is 2.18 bits per heavy atom. The van der Waals surface area contributed by atoms with Crippen LogP contribution in [0.25, 0.3) is 0 Å². The molecule has 1 aromatic carbocycles. The molecule has 0 saturated carbocycles. The Kier molecular flexibility index (Phi) is 7.45. The first-order chi connectivity index (χ1) is 13.7. The van der Waals surface area contributed by atoms with Gasteiger partial charge in [-0.25, -0.2) is 0 Å². The highest BCUT2D eigenvalue weighted by Gasteiger charge is 2.19. The van der Waals surface area contributed by atoms with Gasteiger partial charge in [0.2, 0.25) is 0 Å². The van der Waals surface area contributed by atoms with Crippen molar-refractivity contribution in [3.8, 4) is 11.5 Å². The predicted molar refractivity (Wildman–Crippen MR) is 113 cm³/mol. The Morgan fingerprint density at radius 1 is 1.29 bits per heavy atom. The smallest absolute Gasteiger partial charge is 0.169 e. The maximum atomic E-state index is 5.71. The highest BCUT2D eigenvalue weighted by molar-refractivity contribution is 7.80. The molecule has 1 atom stereocenters. The van der Waals surface area contributed by atoms with Crippen LogP contribution >= 0.6 is 12.2 Å². The highest BCUT2D eigenvalue weighted by Crippen LogP contribution is 2.26. The van der Waals surface area contributed by atoms with Crippen molar-refractivity contribution in [3.05, 3.63) is 53.9 Å². The summed E-state index contributed by atoms with van der Waals surface area (Å²) in [6.07, 6.45) is 6.05. The molecular formula is C21H27N3O3S. The Hall–Kier alpha value is -2.38. The van der Waals surface area contributed by atoms with E-state index in [2.05, 4.69) is 15.2 Å². The molecule has 2 aromatic rings. The van der Waals surface area contributed by atoms with Gasteiger partial charge < -0.3 is 24.4 Å². The Labute approximate surface area is 171 Å². The Morgan fingerprint density at radius 3 is 2.86 bits per heavy atom. The van der Waals surface area contributed by atoms with Gasteiger partial charge in [0.15, 0.2) is 5.11 Å². The molecule has 1 aliphatic heterocycles. The van der Waals surface area contributed by atoms with E-state index in [4.69, 9.17) is 26.4 Å². The third-order valence-corrected chi connectivity index (χ3v) is 5.15. The molecular weight excluding hydrogens is 374 g/mol. The molecule has 1 saturated heterocycles. The summed E-state index contributed by atoms with van der Waals surface area (Å²) in [7, 11) is 3.31.